The van der Waals surface area contributed by atoms with Crippen LogP contribution >= 0.6 is 0 Å². The van der Waals surface area contributed by atoms with E-state index in [1.807, 2.05) is 48.5 Å². The molecule has 3 heteroatoms. The molecule has 0 unspecified atom stereocenters. The van der Waals surface area contributed by atoms with E-state index < -0.39 is 0 Å². The largest absolute Gasteiger partial charge is 0.492 e. The van der Waals surface area contributed by atoms with Crippen molar-refractivity contribution in [1.29, 1.82) is 0 Å². The van der Waals surface area contributed by atoms with Gasteiger partial charge in [-0.1, -0.05) is 36.4 Å². The lowest BCUT2D eigenvalue weighted by Gasteiger charge is -2.08. The SMILES string of the molecule is Cc1ccc(OCCNC(=O)/C=C/c2ccccc2)cc1C. The minimum Gasteiger partial charge on any atom is -0.492 e. The molecule has 0 saturated carbocycles. The zero-order chi connectivity index (χ0) is 15.8. The summed E-state index contributed by atoms with van der Waals surface area (Å²) >= 11 is 0. The van der Waals surface area contributed by atoms with Crippen molar-refractivity contribution in [3.63, 3.8) is 0 Å². The highest BCUT2D eigenvalue weighted by atomic mass is 16.5. The maximum Gasteiger partial charge on any atom is 0.244 e. The molecule has 0 saturated heterocycles. The van der Waals surface area contributed by atoms with Crippen molar-refractivity contribution in [2.45, 2.75) is 13.8 Å². The average molecular weight is 295 g/mol. The third kappa shape index (κ3) is 5.09. The van der Waals surface area contributed by atoms with Crippen molar-refractivity contribution < 1.29 is 9.53 Å². The van der Waals surface area contributed by atoms with Gasteiger partial charge in [-0.2, -0.15) is 0 Å². The zero-order valence-corrected chi connectivity index (χ0v) is 13.0. The van der Waals surface area contributed by atoms with Crippen LogP contribution in [-0.2, 0) is 4.79 Å². The van der Waals surface area contributed by atoms with Crippen molar-refractivity contribution in [3.8, 4) is 5.75 Å². The summed E-state index contributed by atoms with van der Waals surface area (Å²) < 4.78 is 5.62. The number of carbonyl (C=O) groups is 1. The van der Waals surface area contributed by atoms with Gasteiger partial charge < -0.3 is 10.1 Å². The Labute approximate surface area is 131 Å². The third-order valence-corrected chi connectivity index (χ3v) is 3.38. The fourth-order valence-corrected chi connectivity index (χ4v) is 1.94. The number of nitrogens with one attached hydrogen (secondary N) is 1. The first-order valence-corrected chi connectivity index (χ1v) is 7.36. The molecule has 0 bridgehead atoms. The Bertz CT molecular complexity index is 648. The summed E-state index contributed by atoms with van der Waals surface area (Å²) in [6, 6.07) is 15.7. The van der Waals surface area contributed by atoms with E-state index in [0.717, 1.165) is 11.3 Å². The molecule has 2 aromatic rings. The summed E-state index contributed by atoms with van der Waals surface area (Å²) in [6.07, 6.45) is 3.32. The number of ether oxygens (including phenoxy) is 1. The molecule has 0 aromatic heterocycles. The highest BCUT2D eigenvalue weighted by Gasteiger charge is 1.98. The van der Waals surface area contributed by atoms with Gasteiger partial charge in [-0.15, -0.1) is 0 Å². The van der Waals surface area contributed by atoms with E-state index in [0.29, 0.717) is 13.2 Å². The van der Waals surface area contributed by atoms with E-state index in [2.05, 4.69) is 19.2 Å². The molecular formula is C19H21NO2. The first-order valence-electron chi connectivity index (χ1n) is 7.36. The highest BCUT2D eigenvalue weighted by Crippen LogP contribution is 2.15. The maximum absolute atomic E-state index is 11.7. The molecule has 0 atom stereocenters. The van der Waals surface area contributed by atoms with E-state index in [1.165, 1.54) is 17.2 Å². The monoisotopic (exact) mass is 295 g/mol. The van der Waals surface area contributed by atoms with Crippen LogP contribution < -0.4 is 10.1 Å². The minimum atomic E-state index is -0.118. The molecule has 2 aromatic carbocycles. The highest BCUT2D eigenvalue weighted by molar-refractivity contribution is 5.91. The van der Waals surface area contributed by atoms with E-state index in [1.54, 1.807) is 6.08 Å². The summed E-state index contributed by atoms with van der Waals surface area (Å²) in [5.41, 5.74) is 3.45. The van der Waals surface area contributed by atoms with Crippen LogP contribution in [-0.4, -0.2) is 19.1 Å². The van der Waals surface area contributed by atoms with Crippen LogP contribution in [0.5, 0.6) is 5.75 Å². The van der Waals surface area contributed by atoms with Gasteiger partial charge in [0.25, 0.3) is 0 Å². The van der Waals surface area contributed by atoms with Gasteiger partial charge in [-0.25, -0.2) is 0 Å². The van der Waals surface area contributed by atoms with Gasteiger partial charge in [-0.05, 0) is 48.7 Å². The van der Waals surface area contributed by atoms with Crippen LogP contribution in [0.15, 0.2) is 54.6 Å². The molecule has 2 rings (SSSR count). The van der Waals surface area contributed by atoms with Gasteiger partial charge in [0.05, 0.1) is 6.54 Å². The van der Waals surface area contributed by atoms with Gasteiger partial charge in [0.15, 0.2) is 0 Å². The number of aryl methyl sites for hydroxylation is 2. The predicted molar refractivity (Wildman–Crippen MR) is 89.9 cm³/mol. The molecule has 0 aliphatic heterocycles. The van der Waals surface area contributed by atoms with E-state index in [4.69, 9.17) is 4.74 Å². The topological polar surface area (TPSA) is 38.3 Å². The lowest BCUT2D eigenvalue weighted by molar-refractivity contribution is -0.116. The van der Waals surface area contributed by atoms with Crippen molar-refractivity contribution >= 4 is 12.0 Å². The summed E-state index contributed by atoms with van der Waals surface area (Å²) in [7, 11) is 0. The Hall–Kier alpha value is -2.55. The molecule has 0 radical (unpaired) electrons. The quantitative estimate of drug-likeness (QED) is 0.654. The predicted octanol–water partition coefficient (Wildman–Crippen LogP) is 3.51. The molecule has 0 spiro atoms. The molecule has 0 aliphatic rings. The van der Waals surface area contributed by atoms with E-state index in [-0.39, 0.29) is 5.91 Å². The third-order valence-electron chi connectivity index (χ3n) is 3.38. The molecule has 0 aliphatic carbocycles. The Kier molecular flexibility index (Phi) is 5.78. The molecule has 0 heterocycles. The van der Waals surface area contributed by atoms with Crippen molar-refractivity contribution in [2.24, 2.45) is 0 Å². The number of benzene rings is 2. The lowest BCUT2D eigenvalue weighted by Crippen LogP contribution is -2.26. The van der Waals surface area contributed by atoms with Crippen LogP contribution in [0, 0.1) is 13.8 Å². The summed E-state index contributed by atoms with van der Waals surface area (Å²) in [4.78, 5) is 11.7. The van der Waals surface area contributed by atoms with E-state index in [9.17, 15) is 4.79 Å². The fourth-order valence-electron chi connectivity index (χ4n) is 1.94. The number of carbonyl (C=O) groups excluding carboxylic acids is 1. The average Bonchev–Trinajstić information content (AvgIpc) is 2.54. The van der Waals surface area contributed by atoms with Gasteiger partial charge in [-0.3, -0.25) is 4.79 Å². The van der Waals surface area contributed by atoms with Gasteiger partial charge in [0, 0.05) is 6.08 Å². The molecular weight excluding hydrogens is 274 g/mol. The first kappa shape index (κ1) is 15.8. The summed E-state index contributed by atoms with van der Waals surface area (Å²) in [6.45, 7) is 5.05. The second-order valence-corrected chi connectivity index (χ2v) is 5.13. The Morgan fingerprint density at radius 1 is 1.09 bits per heavy atom. The number of amides is 1. The first-order chi connectivity index (χ1) is 10.6. The zero-order valence-electron chi connectivity index (χ0n) is 13.0. The normalized spacial score (nSPS) is 10.6. The van der Waals surface area contributed by atoms with Crippen LogP contribution in [0.1, 0.15) is 16.7 Å². The Balaban J connectivity index is 1.71. The van der Waals surface area contributed by atoms with Gasteiger partial charge in [0.1, 0.15) is 12.4 Å². The molecule has 114 valence electrons. The number of hydrogen-bond acceptors (Lipinski definition) is 2. The molecule has 1 N–H and O–H groups in total. The molecule has 22 heavy (non-hydrogen) atoms. The summed E-state index contributed by atoms with van der Waals surface area (Å²) in [5, 5.41) is 2.80. The van der Waals surface area contributed by atoms with Crippen LogP contribution in [0.25, 0.3) is 6.08 Å². The Morgan fingerprint density at radius 3 is 2.59 bits per heavy atom. The lowest BCUT2D eigenvalue weighted by atomic mass is 10.1. The van der Waals surface area contributed by atoms with Crippen molar-refractivity contribution in [1.82, 2.24) is 5.32 Å². The second kappa shape index (κ2) is 8.03. The fraction of sp³-hybridized carbons (Fsp3) is 0.211. The van der Waals surface area contributed by atoms with Crippen LogP contribution in [0.3, 0.4) is 0 Å². The summed E-state index contributed by atoms with van der Waals surface area (Å²) in [5.74, 6) is 0.713. The Morgan fingerprint density at radius 2 is 1.86 bits per heavy atom. The maximum atomic E-state index is 11.7. The van der Waals surface area contributed by atoms with Gasteiger partial charge in [0.2, 0.25) is 5.91 Å². The number of hydrogen-bond donors (Lipinski definition) is 1. The standard InChI is InChI=1S/C19H21NO2/c1-15-8-10-18(14-16(15)2)22-13-12-20-19(21)11-9-17-6-4-3-5-7-17/h3-11,14H,12-13H2,1-2H3,(H,20,21)/b11-9+. The molecule has 1 amide bonds. The second-order valence-electron chi connectivity index (χ2n) is 5.13. The van der Waals surface area contributed by atoms with E-state index >= 15 is 0 Å². The van der Waals surface area contributed by atoms with Crippen LogP contribution in [0.4, 0.5) is 0 Å². The smallest absolute Gasteiger partial charge is 0.244 e. The molecule has 0 fully saturated rings. The van der Waals surface area contributed by atoms with Crippen LogP contribution in [0.2, 0.25) is 0 Å². The number of rotatable bonds is 6. The molecule has 3 nitrogen and oxygen atoms in total. The minimum absolute atomic E-state index is 0.118. The van der Waals surface area contributed by atoms with Crippen molar-refractivity contribution in [3.05, 3.63) is 71.3 Å². The van der Waals surface area contributed by atoms with Gasteiger partial charge >= 0.3 is 0 Å². The van der Waals surface area contributed by atoms with Crippen molar-refractivity contribution in [2.75, 3.05) is 13.2 Å².